The van der Waals surface area contributed by atoms with Crippen LogP contribution in [-0.2, 0) is 0 Å². The Balaban J connectivity index is 1.59. The lowest BCUT2D eigenvalue weighted by molar-refractivity contribution is 0.340. The van der Waals surface area contributed by atoms with E-state index >= 15 is 0 Å². The van der Waals surface area contributed by atoms with Gasteiger partial charge in [-0.05, 0) is 60.4 Å². The monoisotopic (exact) mass is 343 g/mol. The molecule has 3 rings (SSSR count). The fourth-order valence-electron chi connectivity index (χ4n) is 2.83. The molecule has 3 aromatic carbocycles. The summed E-state index contributed by atoms with van der Waals surface area (Å²) in [5.74, 6) is 0.906. The summed E-state index contributed by atoms with van der Waals surface area (Å²) < 4.78 is 5.46. The highest BCUT2D eigenvalue weighted by molar-refractivity contribution is 5.69. The molecule has 0 heterocycles. The third-order valence-corrected chi connectivity index (χ3v) is 4.33. The zero-order valence-electron chi connectivity index (χ0n) is 15.4. The second-order valence-corrected chi connectivity index (χ2v) is 6.17. The first kappa shape index (κ1) is 17.8. The van der Waals surface area contributed by atoms with Crippen molar-refractivity contribution in [1.29, 1.82) is 0 Å². The zero-order valence-corrected chi connectivity index (χ0v) is 15.4. The van der Waals surface area contributed by atoms with Gasteiger partial charge in [0.25, 0.3) is 0 Å². The fraction of sp³-hybridized carbons (Fsp3) is 0.167. The van der Waals surface area contributed by atoms with Gasteiger partial charge >= 0.3 is 0 Å². The van der Waals surface area contributed by atoms with Crippen molar-refractivity contribution in [3.8, 4) is 16.9 Å². The van der Waals surface area contributed by atoms with Crippen LogP contribution in [0.4, 0.5) is 5.69 Å². The highest BCUT2D eigenvalue weighted by atomic mass is 16.5. The van der Waals surface area contributed by atoms with Crippen LogP contribution in [0.15, 0.2) is 84.9 Å². The summed E-state index contributed by atoms with van der Waals surface area (Å²) in [5, 5.41) is 3.42. The van der Waals surface area contributed by atoms with Gasteiger partial charge in [0.05, 0.1) is 6.61 Å². The maximum atomic E-state index is 5.46. The van der Waals surface area contributed by atoms with Gasteiger partial charge in [-0.2, -0.15) is 0 Å². The standard InChI is InChI=1S/C24H25NO/c1-3-26-24-15-13-23(14-16-24)25-18-17-19(2)20-9-11-22(12-10-20)21-7-5-4-6-8-21/h4-17,25H,3,18H2,1-2H3/b19-17+. The van der Waals surface area contributed by atoms with E-state index in [4.69, 9.17) is 4.74 Å². The van der Waals surface area contributed by atoms with Crippen molar-refractivity contribution in [2.45, 2.75) is 13.8 Å². The van der Waals surface area contributed by atoms with Crippen molar-refractivity contribution in [3.63, 3.8) is 0 Å². The molecule has 1 N–H and O–H groups in total. The number of ether oxygens (including phenoxy) is 1. The van der Waals surface area contributed by atoms with E-state index in [0.717, 1.165) is 18.0 Å². The van der Waals surface area contributed by atoms with Crippen molar-refractivity contribution in [3.05, 3.63) is 90.5 Å². The molecule has 2 heteroatoms. The lowest BCUT2D eigenvalue weighted by Crippen LogP contribution is -1.99. The van der Waals surface area contributed by atoms with Crippen LogP contribution >= 0.6 is 0 Å². The van der Waals surface area contributed by atoms with Crippen molar-refractivity contribution in [1.82, 2.24) is 0 Å². The van der Waals surface area contributed by atoms with E-state index in [0.29, 0.717) is 6.61 Å². The summed E-state index contributed by atoms with van der Waals surface area (Å²) >= 11 is 0. The smallest absolute Gasteiger partial charge is 0.119 e. The van der Waals surface area contributed by atoms with E-state index in [9.17, 15) is 0 Å². The molecule has 0 bridgehead atoms. The van der Waals surface area contributed by atoms with Crippen LogP contribution in [0.3, 0.4) is 0 Å². The van der Waals surface area contributed by atoms with Crippen LogP contribution in [0.1, 0.15) is 19.4 Å². The van der Waals surface area contributed by atoms with Crippen molar-refractivity contribution < 1.29 is 4.74 Å². The summed E-state index contributed by atoms with van der Waals surface area (Å²) in [4.78, 5) is 0. The maximum absolute atomic E-state index is 5.46. The molecular weight excluding hydrogens is 318 g/mol. The molecule has 0 saturated carbocycles. The van der Waals surface area contributed by atoms with Gasteiger partial charge in [0.1, 0.15) is 5.75 Å². The van der Waals surface area contributed by atoms with Gasteiger partial charge < -0.3 is 10.1 Å². The Hall–Kier alpha value is -3.00. The van der Waals surface area contributed by atoms with Crippen molar-refractivity contribution in [2.75, 3.05) is 18.5 Å². The van der Waals surface area contributed by atoms with Crippen molar-refractivity contribution >= 4 is 11.3 Å². The molecule has 0 aliphatic carbocycles. The second kappa shape index (κ2) is 8.91. The topological polar surface area (TPSA) is 21.3 Å². The maximum Gasteiger partial charge on any atom is 0.119 e. The number of benzene rings is 3. The molecule has 2 nitrogen and oxygen atoms in total. The average Bonchev–Trinajstić information content (AvgIpc) is 2.70. The molecule has 0 spiro atoms. The highest BCUT2D eigenvalue weighted by Crippen LogP contribution is 2.22. The predicted molar refractivity (Wildman–Crippen MR) is 112 cm³/mol. The Bertz CT molecular complexity index is 834. The van der Waals surface area contributed by atoms with Gasteiger partial charge in [-0.25, -0.2) is 0 Å². The van der Waals surface area contributed by atoms with E-state index in [-0.39, 0.29) is 0 Å². The summed E-state index contributed by atoms with van der Waals surface area (Å²) in [6.45, 7) is 5.63. The van der Waals surface area contributed by atoms with E-state index in [1.54, 1.807) is 0 Å². The number of rotatable bonds is 7. The Morgan fingerprint density at radius 1 is 0.846 bits per heavy atom. The van der Waals surface area contributed by atoms with Crippen LogP contribution in [0, 0.1) is 0 Å². The number of allylic oxidation sites excluding steroid dienone is 1. The second-order valence-electron chi connectivity index (χ2n) is 6.17. The molecule has 26 heavy (non-hydrogen) atoms. The molecule has 132 valence electrons. The minimum Gasteiger partial charge on any atom is -0.494 e. The van der Waals surface area contributed by atoms with Gasteiger partial charge in [-0.15, -0.1) is 0 Å². The predicted octanol–water partition coefficient (Wildman–Crippen LogP) is 6.27. The summed E-state index contributed by atoms with van der Waals surface area (Å²) in [5.41, 5.74) is 6.10. The number of hydrogen-bond donors (Lipinski definition) is 1. The lowest BCUT2D eigenvalue weighted by Gasteiger charge is -2.08. The molecule has 0 fully saturated rings. The number of anilines is 1. The lowest BCUT2D eigenvalue weighted by atomic mass is 10.0. The van der Waals surface area contributed by atoms with Crippen molar-refractivity contribution in [2.24, 2.45) is 0 Å². The van der Waals surface area contributed by atoms with Gasteiger partial charge in [-0.3, -0.25) is 0 Å². The normalized spacial score (nSPS) is 11.2. The van der Waals surface area contributed by atoms with E-state index in [2.05, 4.69) is 66.8 Å². The quantitative estimate of drug-likeness (QED) is 0.546. The van der Waals surface area contributed by atoms with Crippen LogP contribution in [0.2, 0.25) is 0 Å². The number of hydrogen-bond acceptors (Lipinski definition) is 2. The van der Waals surface area contributed by atoms with Crippen LogP contribution in [0.5, 0.6) is 5.75 Å². The van der Waals surface area contributed by atoms with Crippen LogP contribution < -0.4 is 10.1 Å². The Labute approximate surface area is 156 Å². The van der Waals surface area contributed by atoms with E-state index < -0.39 is 0 Å². The molecular formula is C24H25NO. The SMILES string of the molecule is CCOc1ccc(NC/C=C(\C)c2ccc(-c3ccccc3)cc2)cc1. The van der Waals surface area contributed by atoms with Gasteiger partial charge in [0, 0.05) is 12.2 Å². The minimum absolute atomic E-state index is 0.692. The summed E-state index contributed by atoms with van der Waals surface area (Å²) in [6, 6.07) is 27.3. The Morgan fingerprint density at radius 3 is 2.15 bits per heavy atom. The van der Waals surface area contributed by atoms with E-state index in [1.807, 2.05) is 37.3 Å². The molecule has 0 saturated heterocycles. The summed E-state index contributed by atoms with van der Waals surface area (Å²) in [6.07, 6.45) is 2.22. The molecule has 0 aliphatic rings. The molecule has 0 radical (unpaired) electrons. The number of nitrogens with one attached hydrogen (secondary N) is 1. The highest BCUT2D eigenvalue weighted by Gasteiger charge is 1.99. The Morgan fingerprint density at radius 2 is 1.50 bits per heavy atom. The Kier molecular flexibility index (Phi) is 6.10. The first-order valence-electron chi connectivity index (χ1n) is 9.05. The van der Waals surface area contributed by atoms with Crippen LogP contribution in [0.25, 0.3) is 16.7 Å². The minimum atomic E-state index is 0.692. The summed E-state index contributed by atoms with van der Waals surface area (Å²) in [7, 11) is 0. The third kappa shape index (κ3) is 4.76. The molecule has 0 amide bonds. The first-order chi connectivity index (χ1) is 12.8. The van der Waals surface area contributed by atoms with E-state index in [1.165, 1.54) is 22.3 Å². The van der Waals surface area contributed by atoms with Gasteiger partial charge in [-0.1, -0.05) is 60.7 Å². The fourth-order valence-corrected chi connectivity index (χ4v) is 2.83. The molecule has 0 unspecified atom stereocenters. The third-order valence-electron chi connectivity index (χ3n) is 4.33. The molecule has 0 aliphatic heterocycles. The molecule has 3 aromatic rings. The average molecular weight is 343 g/mol. The van der Waals surface area contributed by atoms with Gasteiger partial charge in [0.2, 0.25) is 0 Å². The molecule has 0 aromatic heterocycles. The first-order valence-corrected chi connectivity index (χ1v) is 9.05. The van der Waals surface area contributed by atoms with Gasteiger partial charge in [0.15, 0.2) is 0 Å². The largest absolute Gasteiger partial charge is 0.494 e. The zero-order chi connectivity index (χ0) is 18.2. The molecule has 0 atom stereocenters. The van der Waals surface area contributed by atoms with Crippen LogP contribution in [-0.4, -0.2) is 13.2 Å².